The molecule has 3 nitrogen and oxygen atoms in total. The van der Waals surface area contributed by atoms with Gasteiger partial charge in [-0.2, -0.15) is 0 Å². The molecule has 0 bridgehead atoms. The number of furan rings is 1. The van der Waals surface area contributed by atoms with E-state index >= 15 is 0 Å². The molecule has 0 aliphatic carbocycles. The van der Waals surface area contributed by atoms with E-state index in [0.29, 0.717) is 6.04 Å². The predicted octanol–water partition coefficient (Wildman–Crippen LogP) is 3.63. The Bertz CT molecular complexity index is 450. The van der Waals surface area contributed by atoms with E-state index in [4.69, 9.17) is 9.15 Å². The van der Waals surface area contributed by atoms with Gasteiger partial charge in [-0.05, 0) is 37.1 Å². The van der Waals surface area contributed by atoms with E-state index in [9.17, 15) is 0 Å². The Hall–Kier alpha value is -1.26. The first-order valence-corrected chi connectivity index (χ1v) is 7.08. The van der Waals surface area contributed by atoms with Crippen LogP contribution in [0.2, 0.25) is 0 Å². The van der Waals surface area contributed by atoms with Crippen molar-refractivity contribution in [2.24, 2.45) is 0 Å². The molecule has 1 unspecified atom stereocenters. The molecule has 0 aromatic carbocycles. The summed E-state index contributed by atoms with van der Waals surface area (Å²) in [5.74, 6) is 0.936. The summed E-state index contributed by atoms with van der Waals surface area (Å²) in [6.45, 7) is 3.19. The Kier molecular flexibility index (Phi) is 4.84. The molecule has 1 atom stereocenters. The first-order chi connectivity index (χ1) is 8.83. The van der Waals surface area contributed by atoms with Gasteiger partial charge >= 0.3 is 0 Å². The molecule has 0 amide bonds. The van der Waals surface area contributed by atoms with E-state index < -0.39 is 0 Å². The van der Waals surface area contributed by atoms with E-state index in [0.717, 1.165) is 25.1 Å². The van der Waals surface area contributed by atoms with Crippen LogP contribution in [0.3, 0.4) is 0 Å². The summed E-state index contributed by atoms with van der Waals surface area (Å²) in [7, 11) is 1.70. The lowest BCUT2D eigenvalue weighted by atomic mass is 10.1. The number of rotatable bonds is 7. The lowest BCUT2D eigenvalue weighted by molar-refractivity contribution is 0.415. The third kappa shape index (κ3) is 3.37. The van der Waals surface area contributed by atoms with E-state index in [1.54, 1.807) is 24.7 Å². The van der Waals surface area contributed by atoms with E-state index in [-0.39, 0.29) is 0 Å². The lowest BCUT2D eigenvalue weighted by Gasteiger charge is -2.16. The Morgan fingerprint density at radius 3 is 3.00 bits per heavy atom. The van der Waals surface area contributed by atoms with E-state index in [1.807, 2.05) is 17.7 Å². The van der Waals surface area contributed by atoms with Gasteiger partial charge in [-0.1, -0.05) is 6.92 Å². The van der Waals surface area contributed by atoms with Crippen LogP contribution in [-0.4, -0.2) is 13.7 Å². The zero-order chi connectivity index (χ0) is 12.8. The topological polar surface area (TPSA) is 34.4 Å². The molecule has 2 heterocycles. The number of thiophene rings is 1. The van der Waals surface area contributed by atoms with Crippen LogP contribution in [0.1, 0.15) is 29.8 Å². The second kappa shape index (κ2) is 6.61. The van der Waals surface area contributed by atoms with Crippen molar-refractivity contribution in [2.45, 2.75) is 25.8 Å². The van der Waals surface area contributed by atoms with Gasteiger partial charge < -0.3 is 14.5 Å². The van der Waals surface area contributed by atoms with Crippen molar-refractivity contribution in [3.63, 3.8) is 0 Å². The standard InChI is InChI=1S/C14H19NO2S/c1-3-5-15-13(7-11-4-6-17-9-11)14-8-12(16-2)10-18-14/h4,6,8-10,13,15H,3,5,7H2,1-2H3. The van der Waals surface area contributed by atoms with Crippen molar-refractivity contribution in [2.75, 3.05) is 13.7 Å². The number of nitrogens with one attached hydrogen (secondary N) is 1. The summed E-state index contributed by atoms with van der Waals surface area (Å²) < 4.78 is 10.4. The van der Waals surface area contributed by atoms with Crippen molar-refractivity contribution < 1.29 is 9.15 Å². The first-order valence-electron chi connectivity index (χ1n) is 6.20. The highest BCUT2D eigenvalue weighted by Crippen LogP contribution is 2.29. The van der Waals surface area contributed by atoms with Crippen LogP contribution >= 0.6 is 11.3 Å². The summed E-state index contributed by atoms with van der Waals surface area (Å²) in [6, 6.07) is 4.46. The van der Waals surface area contributed by atoms with Crippen LogP contribution in [-0.2, 0) is 6.42 Å². The van der Waals surface area contributed by atoms with Crippen molar-refractivity contribution in [1.29, 1.82) is 0 Å². The number of hydrogen-bond acceptors (Lipinski definition) is 4. The average molecular weight is 265 g/mol. The van der Waals surface area contributed by atoms with Gasteiger partial charge in [0.25, 0.3) is 0 Å². The maximum absolute atomic E-state index is 5.25. The summed E-state index contributed by atoms with van der Waals surface area (Å²) in [4.78, 5) is 1.31. The predicted molar refractivity (Wildman–Crippen MR) is 74.3 cm³/mol. The zero-order valence-electron chi connectivity index (χ0n) is 10.8. The fraction of sp³-hybridized carbons (Fsp3) is 0.429. The summed E-state index contributed by atoms with van der Waals surface area (Å²) >= 11 is 1.74. The molecule has 2 aromatic rings. The highest BCUT2D eigenvalue weighted by Gasteiger charge is 2.14. The SMILES string of the molecule is CCCNC(Cc1ccoc1)c1cc(OC)cs1. The largest absolute Gasteiger partial charge is 0.496 e. The number of hydrogen-bond donors (Lipinski definition) is 1. The highest BCUT2D eigenvalue weighted by atomic mass is 32.1. The van der Waals surface area contributed by atoms with E-state index in [2.05, 4.69) is 18.3 Å². The smallest absolute Gasteiger partial charge is 0.129 e. The van der Waals surface area contributed by atoms with Gasteiger partial charge in [-0.15, -0.1) is 11.3 Å². The third-order valence-corrected chi connectivity index (χ3v) is 3.86. The molecule has 18 heavy (non-hydrogen) atoms. The molecule has 0 radical (unpaired) electrons. The second-order valence-electron chi connectivity index (χ2n) is 4.23. The zero-order valence-corrected chi connectivity index (χ0v) is 11.6. The molecule has 98 valence electrons. The monoisotopic (exact) mass is 265 g/mol. The summed E-state index contributed by atoms with van der Waals surface area (Å²) in [5.41, 5.74) is 1.22. The van der Waals surface area contributed by atoms with Crippen LogP contribution in [0.5, 0.6) is 5.75 Å². The highest BCUT2D eigenvalue weighted by molar-refractivity contribution is 7.10. The van der Waals surface area contributed by atoms with Gasteiger partial charge in [-0.25, -0.2) is 0 Å². The normalized spacial score (nSPS) is 12.6. The molecule has 2 aromatic heterocycles. The Morgan fingerprint density at radius 2 is 2.39 bits per heavy atom. The van der Waals surface area contributed by atoms with Crippen molar-refractivity contribution in [3.05, 3.63) is 40.5 Å². The fourth-order valence-corrected chi connectivity index (χ4v) is 2.79. The van der Waals surface area contributed by atoms with Crippen molar-refractivity contribution in [3.8, 4) is 5.75 Å². The van der Waals surface area contributed by atoms with Gasteiger partial charge in [0.15, 0.2) is 0 Å². The minimum Gasteiger partial charge on any atom is -0.496 e. The minimum absolute atomic E-state index is 0.330. The number of methoxy groups -OCH3 is 1. The fourth-order valence-electron chi connectivity index (χ4n) is 1.86. The summed E-state index contributed by atoms with van der Waals surface area (Å²) in [6.07, 6.45) is 5.61. The van der Waals surface area contributed by atoms with Crippen LogP contribution in [0.15, 0.2) is 34.5 Å². The molecule has 0 saturated carbocycles. The van der Waals surface area contributed by atoms with Crippen LogP contribution in [0, 0.1) is 0 Å². The Labute approximate surface area is 112 Å². The molecule has 0 aliphatic rings. The van der Waals surface area contributed by atoms with Crippen LogP contribution < -0.4 is 10.1 Å². The molecule has 0 saturated heterocycles. The van der Waals surface area contributed by atoms with Crippen molar-refractivity contribution in [1.82, 2.24) is 5.32 Å². The molecule has 0 fully saturated rings. The second-order valence-corrected chi connectivity index (χ2v) is 5.17. The number of ether oxygens (including phenoxy) is 1. The van der Waals surface area contributed by atoms with E-state index in [1.165, 1.54) is 10.4 Å². The average Bonchev–Trinajstić information content (AvgIpc) is 3.05. The Morgan fingerprint density at radius 1 is 1.50 bits per heavy atom. The maximum Gasteiger partial charge on any atom is 0.129 e. The molecular weight excluding hydrogens is 246 g/mol. The lowest BCUT2D eigenvalue weighted by Crippen LogP contribution is -2.23. The van der Waals surface area contributed by atoms with Gasteiger partial charge in [0, 0.05) is 16.3 Å². The minimum atomic E-state index is 0.330. The van der Waals surface area contributed by atoms with Gasteiger partial charge in [-0.3, -0.25) is 0 Å². The van der Waals surface area contributed by atoms with Gasteiger partial charge in [0.05, 0.1) is 19.6 Å². The molecule has 0 spiro atoms. The Balaban J connectivity index is 2.08. The van der Waals surface area contributed by atoms with Gasteiger partial charge in [0.1, 0.15) is 5.75 Å². The maximum atomic E-state index is 5.25. The molecule has 1 N–H and O–H groups in total. The molecule has 2 rings (SSSR count). The third-order valence-electron chi connectivity index (χ3n) is 2.84. The quantitative estimate of drug-likeness (QED) is 0.830. The summed E-state index contributed by atoms with van der Waals surface area (Å²) in [5, 5.41) is 5.62. The van der Waals surface area contributed by atoms with Gasteiger partial charge in [0.2, 0.25) is 0 Å². The molecule has 0 aliphatic heterocycles. The van der Waals surface area contributed by atoms with Crippen LogP contribution in [0.4, 0.5) is 0 Å². The molecule has 4 heteroatoms. The van der Waals surface area contributed by atoms with Crippen LogP contribution in [0.25, 0.3) is 0 Å². The molecular formula is C14H19NO2S. The first kappa shape index (κ1) is 13.2. The van der Waals surface area contributed by atoms with Crippen molar-refractivity contribution >= 4 is 11.3 Å².